The number of imidazole rings is 1. The van der Waals surface area contributed by atoms with Gasteiger partial charge in [-0.15, -0.1) is 0 Å². The number of carbonyl (C=O) groups is 5. The van der Waals surface area contributed by atoms with Crippen LogP contribution in [0, 0.1) is 0 Å². The number of hydrogen-bond acceptors (Lipinski definition) is 8. The van der Waals surface area contributed by atoms with Crippen molar-refractivity contribution in [3.8, 4) is 0 Å². The molecule has 16 heteroatoms. The first-order valence-electron chi connectivity index (χ1n) is 15.1. The molecular weight excluding hydrogens is 637 g/mol. The number of aliphatic carboxylic acids is 2. The normalized spacial score (nSPS) is 15.2. The molecule has 48 heavy (non-hydrogen) atoms. The molecule has 4 N–H and O–H groups in total. The number of likely N-dealkylation sites (N-methyl/N-ethyl adjacent to an activating group) is 1. The van der Waals surface area contributed by atoms with Gasteiger partial charge in [-0.25, -0.2) is 9.78 Å². The fourth-order valence-corrected chi connectivity index (χ4v) is 5.48. The van der Waals surface area contributed by atoms with Gasteiger partial charge in [-0.3, -0.25) is 34.3 Å². The Hall–Kier alpha value is -4.83. The molecule has 1 unspecified atom stereocenters. The van der Waals surface area contributed by atoms with Gasteiger partial charge in [-0.1, -0.05) is 42.5 Å². The summed E-state index contributed by atoms with van der Waals surface area (Å²) in [5, 5.41) is 21.1. The van der Waals surface area contributed by atoms with E-state index in [1.165, 1.54) is 4.90 Å². The molecule has 1 aliphatic heterocycles. The molecule has 0 spiro atoms. The number of nitrogens with zero attached hydrogens (tertiary/aromatic N) is 4. The highest BCUT2D eigenvalue weighted by Crippen LogP contribution is 2.23. The van der Waals surface area contributed by atoms with Gasteiger partial charge in [0.05, 0.1) is 19.3 Å². The van der Waals surface area contributed by atoms with E-state index < -0.39 is 36.0 Å². The summed E-state index contributed by atoms with van der Waals surface area (Å²) in [4.78, 5) is 71.4. The minimum atomic E-state index is -5.08. The van der Waals surface area contributed by atoms with E-state index in [9.17, 15) is 37.5 Å². The van der Waals surface area contributed by atoms with E-state index in [-0.39, 0.29) is 37.8 Å². The van der Waals surface area contributed by atoms with Crippen LogP contribution >= 0.6 is 0 Å². The van der Waals surface area contributed by atoms with E-state index in [1.54, 1.807) is 26.6 Å². The van der Waals surface area contributed by atoms with Crippen molar-refractivity contribution in [3.63, 3.8) is 0 Å². The molecule has 3 amide bonds. The molecule has 1 fully saturated rings. The minimum absolute atomic E-state index is 0.00960. The van der Waals surface area contributed by atoms with Gasteiger partial charge in [0.15, 0.2) is 0 Å². The van der Waals surface area contributed by atoms with Crippen LogP contribution < -0.4 is 5.32 Å². The van der Waals surface area contributed by atoms with Crippen LogP contribution in [0.3, 0.4) is 0 Å². The fourth-order valence-electron chi connectivity index (χ4n) is 5.48. The first-order valence-corrected chi connectivity index (χ1v) is 15.1. The van der Waals surface area contributed by atoms with Crippen LogP contribution in [0.5, 0.6) is 0 Å². The number of hydrogen-bond donors (Lipinski definition) is 4. The number of carboxylic acids is 2. The summed E-state index contributed by atoms with van der Waals surface area (Å²) in [6.07, 6.45) is 0.0657. The molecule has 13 nitrogen and oxygen atoms in total. The highest BCUT2D eigenvalue weighted by Gasteiger charge is 2.38. The van der Waals surface area contributed by atoms with Crippen LogP contribution in [-0.2, 0) is 36.9 Å². The summed E-state index contributed by atoms with van der Waals surface area (Å²) >= 11 is 0. The Balaban J connectivity index is 0.000000804. The first-order chi connectivity index (χ1) is 22.6. The van der Waals surface area contributed by atoms with Crippen molar-refractivity contribution < 1.29 is 47.4 Å². The van der Waals surface area contributed by atoms with Gasteiger partial charge in [0.2, 0.25) is 17.7 Å². The van der Waals surface area contributed by atoms with E-state index in [1.807, 2.05) is 52.3 Å². The molecule has 2 atom stereocenters. The van der Waals surface area contributed by atoms with E-state index in [0.717, 1.165) is 34.9 Å². The van der Waals surface area contributed by atoms with Crippen LogP contribution in [0.15, 0.2) is 55.0 Å². The van der Waals surface area contributed by atoms with Gasteiger partial charge < -0.3 is 20.1 Å². The van der Waals surface area contributed by atoms with Gasteiger partial charge in [0, 0.05) is 44.0 Å². The average molecular weight is 677 g/mol. The number of aromatic nitrogens is 2. The Kier molecular flexibility index (Phi) is 13.6. The number of H-pyrrole nitrogens is 1. The molecule has 1 aliphatic rings. The monoisotopic (exact) mass is 676 g/mol. The lowest BCUT2D eigenvalue weighted by Crippen LogP contribution is -2.47. The fraction of sp³-hybridized carbons (Fsp3) is 0.438. The van der Waals surface area contributed by atoms with Crippen molar-refractivity contribution >= 4 is 40.4 Å². The van der Waals surface area contributed by atoms with Gasteiger partial charge in [-0.2, -0.15) is 13.2 Å². The smallest absolute Gasteiger partial charge is 0.480 e. The van der Waals surface area contributed by atoms with Crippen molar-refractivity contribution in [2.45, 2.75) is 56.9 Å². The van der Waals surface area contributed by atoms with Gasteiger partial charge >= 0.3 is 18.1 Å². The summed E-state index contributed by atoms with van der Waals surface area (Å²) in [5.74, 6) is -4.73. The molecule has 4 rings (SSSR count). The quantitative estimate of drug-likeness (QED) is 0.211. The van der Waals surface area contributed by atoms with E-state index >= 15 is 0 Å². The number of imide groups is 1. The number of amides is 3. The van der Waals surface area contributed by atoms with Crippen LogP contribution in [0.25, 0.3) is 10.8 Å². The van der Waals surface area contributed by atoms with Crippen molar-refractivity contribution in [1.29, 1.82) is 0 Å². The molecule has 0 bridgehead atoms. The van der Waals surface area contributed by atoms with Crippen molar-refractivity contribution in [1.82, 2.24) is 30.0 Å². The van der Waals surface area contributed by atoms with Gasteiger partial charge in [0.1, 0.15) is 6.04 Å². The van der Waals surface area contributed by atoms with E-state index in [0.29, 0.717) is 19.6 Å². The third-order valence-corrected chi connectivity index (χ3v) is 7.78. The Morgan fingerprint density at radius 2 is 1.75 bits per heavy atom. The number of likely N-dealkylation sites (tertiary alicyclic amines) is 1. The van der Waals surface area contributed by atoms with Crippen molar-refractivity contribution in [2.24, 2.45) is 0 Å². The van der Waals surface area contributed by atoms with Crippen LogP contribution in [0.4, 0.5) is 13.2 Å². The van der Waals surface area contributed by atoms with Gasteiger partial charge in [0.25, 0.3) is 0 Å². The highest BCUT2D eigenvalue weighted by molar-refractivity contribution is 5.96. The average Bonchev–Trinajstić information content (AvgIpc) is 3.69. The number of rotatable bonds is 13. The number of alkyl halides is 3. The van der Waals surface area contributed by atoms with Gasteiger partial charge in [-0.05, 0) is 49.7 Å². The molecule has 0 radical (unpaired) electrons. The molecule has 1 saturated heterocycles. The second-order valence-electron chi connectivity index (χ2n) is 11.6. The molecular formula is C32H39F3N6O7. The molecule has 260 valence electrons. The second-order valence-corrected chi connectivity index (χ2v) is 11.6. The Morgan fingerprint density at radius 3 is 2.38 bits per heavy atom. The zero-order valence-electron chi connectivity index (χ0n) is 26.6. The number of aromatic amines is 1. The Bertz CT molecular complexity index is 1560. The summed E-state index contributed by atoms with van der Waals surface area (Å²) in [7, 11) is 3.28. The molecule has 0 aliphatic carbocycles. The number of fused-ring (bicyclic) bond motifs is 1. The van der Waals surface area contributed by atoms with E-state index in [2.05, 4.69) is 15.3 Å². The Morgan fingerprint density at radius 1 is 1.06 bits per heavy atom. The maximum absolute atomic E-state index is 13.1. The zero-order chi connectivity index (χ0) is 35.4. The SMILES string of the molecule is CN(C)[C@@H](CCC(=O)NC(=O)CN(Cc1cccc2ccccc12)CC1CCCN1C(=O)Cc1cnc[nH]1)C(=O)O.O=C(O)C(F)(F)F. The molecule has 2 heterocycles. The summed E-state index contributed by atoms with van der Waals surface area (Å²) in [6, 6.07) is 13.2. The molecule has 2 aromatic carbocycles. The standard InChI is InChI=1S/C30H38N6O5.C2HF3O2/c1-34(2)26(30(40)41)12-13-27(37)33-28(38)19-35(17-22-9-5-8-21-7-3-4-11-25(21)22)18-24-10-6-14-36(24)29(39)15-23-16-31-20-32-23;3-2(4,5)1(6)7/h3-5,7-9,11,16,20,24,26H,6,10,12-15,17-19H2,1-2H3,(H,31,32)(H,40,41)(H,33,37,38);(H,6,7)/t24?,26-;/m0./s1. The van der Waals surface area contributed by atoms with Crippen molar-refractivity contribution in [3.05, 3.63) is 66.2 Å². The second kappa shape index (κ2) is 17.4. The zero-order valence-corrected chi connectivity index (χ0v) is 26.6. The number of benzene rings is 2. The highest BCUT2D eigenvalue weighted by atomic mass is 19.4. The lowest BCUT2D eigenvalue weighted by Gasteiger charge is -2.31. The van der Waals surface area contributed by atoms with Crippen LogP contribution in [0.2, 0.25) is 0 Å². The van der Waals surface area contributed by atoms with E-state index in [4.69, 9.17) is 9.90 Å². The topological polar surface area (TPSA) is 176 Å². The predicted octanol–water partition coefficient (Wildman–Crippen LogP) is 2.67. The maximum Gasteiger partial charge on any atom is 0.490 e. The number of halogens is 3. The third-order valence-electron chi connectivity index (χ3n) is 7.78. The first kappa shape index (κ1) is 37.6. The Labute approximate surface area is 274 Å². The van der Waals surface area contributed by atoms with Crippen molar-refractivity contribution in [2.75, 3.05) is 33.7 Å². The number of carboxylic acid groups (broad SMARTS) is 2. The summed E-state index contributed by atoms with van der Waals surface area (Å²) in [6.45, 7) is 1.55. The summed E-state index contributed by atoms with van der Waals surface area (Å²) < 4.78 is 31.7. The maximum atomic E-state index is 13.1. The predicted molar refractivity (Wildman–Crippen MR) is 167 cm³/mol. The number of carbonyl (C=O) groups excluding carboxylic acids is 3. The van der Waals surface area contributed by atoms with Crippen LogP contribution in [-0.4, -0.2) is 117 Å². The lowest BCUT2D eigenvalue weighted by atomic mass is 10.0. The number of nitrogens with one attached hydrogen (secondary N) is 2. The minimum Gasteiger partial charge on any atom is -0.480 e. The molecule has 1 aromatic heterocycles. The van der Waals surface area contributed by atoms with Crippen LogP contribution in [0.1, 0.15) is 36.9 Å². The summed E-state index contributed by atoms with van der Waals surface area (Å²) in [5.41, 5.74) is 1.80. The third kappa shape index (κ3) is 11.5. The largest absolute Gasteiger partial charge is 0.490 e. The molecule has 0 saturated carbocycles. The molecule has 3 aromatic rings. The lowest BCUT2D eigenvalue weighted by molar-refractivity contribution is -0.192.